The van der Waals surface area contributed by atoms with Crippen LogP contribution in [-0.2, 0) is 17.6 Å². The molecule has 0 aliphatic heterocycles. The number of carbonyl (C=O) groups excluding carboxylic acids is 1. The summed E-state index contributed by atoms with van der Waals surface area (Å²) in [5.41, 5.74) is 4.03. The van der Waals surface area contributed by atoms with Gasteiger partial charge in [-0.25, -0.2) is 4.98 Å². The molecule has 3 rings (SSSR count). The molecule has 2 aromatic rings. The van der Waals surface area contributed by atoms with Crippen LogP contribution in [0.1, 0.15) is 11.1 Å². The fourth-order valence-corrected chi connectivity index (χ4v) is 2.18. The standard InChI is InChI=1S/C14H10FNO/c15-14-4-3-11(8-16-14)9-1-2-10-6-13(17)7-12(10)5-9/h1-5,8H,6-7H2. The third-order valence-corrected chi connectivity index (χ3v) is 3.04. The topological polar surface area (TPSA) is 30.0 Å². The summed E-state index contributed by atoms with van der Waals surface area (Å²) in [5, 5.41) is 0. The zero-order valence-electron chi connectivity index (χ0n) is 9.11. The molecule has 0 saturated heterocycles. The first kappa shape index (κ1) is 10.1. The van der Waals surface area contributed by atoms with E-state index in [9.17, 15) is 9.18 Å². The predicted octanol–water partition coefficient (Wildman–Crippen LogP) is 2.56. The second-order valence-corrected chi connectivity index (χ2v) is 4.25. The largest absolute Gasteiger partial charge is 0.299 e. The third-order valence-electron chi connectivity index (χ3n) is 3.04. The molecule has 2 nitrogen and oxygen atoms in total. The lowest BCUT2D eigenvalue weighted by atomic mass is 10.0. The molecular formula is C14H10FNO. The van der Waals surface area contributed by atoms with Crippen molar-refractivity contribution in [1.82, 2.24) is 4.98 Å². The van der Waals surface area contributed by atoms with Crippen molar-refractivity contribution in [1.29, 1.82) is 0 Å². The highest BCUT2D eigenvalue weighted by Gasteiger charge is 2.18. The number of carbonyl (C=O) groups is 1. The number of Topliss-reactive ketones (excluding diaryl/α,β-unsaturated/α-hetero) is 1. The number of nitrogens with zero attached hydrogens (tertiary/aromatic N) is 1. The minimum absolute atomic E-state index is 0.259. The average Bonchev–Trinajstić information content (AvgIpc) is 2.69. The molecule has 0 fully saturated rings. The van der Waals surface area contributed by atoms with Gasteiger partial charge in [-0.05, 0) is 28.8 Å². The molecule has 1 aliphatic rings. The molecule has 1 aromatic heterocycles. The molecule has 84 valence electrons. The average molecular weight is 227 g/mol. The molecule has 0 N–H and O–H groups in total. The van der Waals surface area contributed by atoms with Crippen LogP contribution in [0.5, 0.6) is 0 Å². The molecule has 1 aromatic carbocycles. The van der Waals surface area contributed by atoms with E-state index in [0.29, 0.717) is 12.8 Å². The molecule has 1 aliphatic carbocycles. The lowest BCUT2D eigenvalue weighted by molar-refractivity contribution is -0.117. The molecule has 0 amide bonds. The van der Waals surface area contributed by atoms with Gasteiger partial charge in [0.1, 0.15) is 5.78 Å². The fourth-order valence-electron chi connectivity index (χ4n) is 2.18. The molecule has 0 spiro atoms. The van der Waals surface area contributed by atoms with Gasteiger partial charge in [0, 0.05) is 24.6 Å². The Morgan fingerprint density at radius 2 is 1.76 bits per heavy atom. The normalized spacial score (nSPS) is 13.8. The van der Waals surface area contributed by atoms with Gasteiger partial charge in [-0.3, -0.25) is 4.79 Å². The highest BCUT2D eigenvalue weighted by molar-refractivity contribution is 5.88. The molecule has 17 heavy (non-hydrogen) atoms. The van der Waals surface area contributed by atoms with Gasteiger partial charge in [-0.2, -0.15) is 4.39 Å². The van der Waals surface area contributed by atoms with Crippen LogP contribution >= 0.6 is 0 Å². The van der Waals surface area contributed by atoms with Gasteiger partial charge in [-0.15, -0.1) is 0 Å². The van der Waals surface area contributed by atoms with E-state index in [1.165, 1.54) is 12.3 Å². The number of ketones is 1. The summed E-state index contributed by atoms with van der Waals surface area (Å²) in [7, 11) is 0. The number of halogens is 1. The quantitative estimate of drug-likeness (QED) is 0.701. The van der Waals surface area contributed by atoms with Gasteiger partial charge in [0.05, 0.1) is 0 Å². The molecule has 3 heteroatoms. The smallest absolute Gasteiger partial charge is 0.212 e. The van der Waals surface area contributed by atoms with Gasteiger partial charge in [0.15, 0.2) is 0 Å². The maximum absolute atomic E-state index is 12.7. The highest BCUT2D eigenvalue weighted by atomic mass is 19.1. The molecule has 0 radical (unpaired) electrons. The summed E-state index contributed by atoms with van der Waals surface area (Å²) in [5.74, 6) is -0.223. The van der Waals surface area contributed by atoms with Crippen molar-refractivity contribution in [2.75, 3.05) is 0 Å². The van der Waals surface area contributed by atoms with Crippen LogP contribution in [0.4, 0.5) is 4.39 Å². The molecule has 0 saturated carbocycles. The highest BCUT2D eigenvalue weighted by Crippen LogP contribution is 2.26. The van der Waals surface area contributed by atoms with Crippen molar-refractivity contribution < 1.29 is 9.18 Å². The number of pyridine rings is 1. The minimum atomic E-state index is -0.481. The lowest BCUT2D eigenvalue weighted by Crippen LogP contribution is -1.92. The van der Waals surface area contributed by atoms with Gasteiger partial charge in [0.2, 0.25) is 5.95 Å². The lowest BCUT2D eigenvalue weighted by Gasteiger charge is -2.04. The second-order valence-electron chi connectivity index (χ2n) is 4.25. The molecule has 0 unspecified atom stereocenters. The number of hydrogen-bond donors (Lipinski definition) is 0. The van der Waals surface area contributed by atoms with E-state index in [-0.39, 0.29) is 5.78 Å². The van der Waals surface area contributed by atoms with Crippen LogP contribution in [-0.4, -0.2) is 10.8 Å². The van der Waals surface area contributed by atoms with Crippen LogP contribution in [0, 0.1) is 5.95 Å². The van der Waals surface area contributed by atoms with Crippen LogP contribution in [0.2, 0.25) is 0 Å². The summed E-state index contributed by atoms with van der Waals surface area (Å²) in [6, 6.07) is 8.95. The summed E-state index contributed by atoms with van der Waals surface area (Å²) in [6.45, 7) is 0. The van der Waals surface area contributed by atoms with E-state index in [4.69, 9.17) is 0 Å². The summed E-state index contributed by atoms with van der Waals surface area (Å²) in [4.78, 5) is 15.0. The van der Waals surface area contributed by atoms with Crippen molar-refractivity contribution in [3.8, 4) is 11.1 Å². The molecular weight excluding hydrogens is 217 g/mol. The fraction of sp³-hybridized carbons (Fsp3) is 0.143. The van der Waals surface area contributed by atoms with Crippen LogP contribution in [0.15, 0.2) is 36.5 Å². The minimum Gasteiger partial charge on any atom is -0.299 e. The maximum Gasteiger partial charge on any atom is 0.212 e. The van der Waals surface area contributed by atoms with Crippen molar-refractivity contribution >= 4 is 5.78 Å². The molecule has 1 heterocycles. The van der Waals surface area contributed by atoms with Crippen LogP contribution in [0.25, 0.3) is 11.1 Å². The van der Waals surface area contributed by atoms with Gasteiger partial charge < -0.3 is 0 Å². The van der Waals surface area contributed by atoms with Crippen molar-refractivity contribution in [2.24, 2.45) is 0 Å². The van der Waals surface area contributed by atoms with Gasteiger partial charge in [-0.1, -0.05) is 18.2 Å². The Balaban J connectivity index is 2.03. The second kappa shape index (κ2) is 3.77. The first-order chi connectivity index (χ1) is 8.22. The number of hydrogen-bond acceptors (Lipinski definition) is 2. The van der Waals surface area contributed by atoms with E-state index in [0.717, 1.165) is 22.3 Å². The zero-order chi connectivity index (χ0) is 11.8. The number of aromatic nitrogens is 1. The number of benzene rings is 1. The summed E-state index contributed by atoms with van der Waals surface area (Å²) >= 11 is 0. The van der Waals surface area contributed by atoms with Gasteiger partial charge >= 0.3 is 0 Å². The Kier molecular flexibility index (Phi) is 2.25. The molecule has 0 bridgehead atoms. The van der Waals surface area contributed by atoms with Crippen molar-refractivity contribution in [3.05, 3.63) is 53.6 Å². The van der Waals surface area contributed by atoms with Crippen LogP contribution in [0.3, 0.4) is 0 Å². The Morgan fingerprint density at radius 1 is 1.00 bits per heavy atom. The Morgan fingerprint density at radius 3 is 2.53 bits per heavy atom. The summed E-state index contributed by atoms with van der Waals surface area (Å²) < 4.78 is 12.7. The van der Waals surface area contributed by atoms with E-state index < -0.39 is 5.95 Å². The maximum atomic E-state index is 12.7. The number of fused-ring (bicyclic) bond motifs is 1. The van der Waals surface area contributed by atoms with Crippen LogP contribution < -0.4 is 0 Å². The SMILES string of the molecule is O=C1Cc2ccc(-c3ccc(F)nc3)cc2C1. The van der Waals surface area contributed by atoms with E-state index >= 15 is 0 Å². The van der Waals surface area contributed by atoms with E-state index in [1.54, 1.807) is 6.07 Å². The monoisotopic (exact) mass is 227 g/mol. The zero-order valence-corrected chi connectivity index (χ0v) is 9.11. The Labute approximate surface area is 98.1 Å². The van der Waals surface area contributed by atoms with Crippen molar-refractivity contribution in [3.63, 3.8) is 0 Å². The van der Waals surface area contributed by atoms with E-state index in [2.05, 4.69) is 4.98 Å². The van der Waals surface area contributed by atoms with Gasteiger partial charge in [0.25, 0.3) is 0 Å². The first-order valence-corrected chi connectivity index (χ1v) is 5.48. The predicted molar refractivity (Wildman–Crippen MR) is 62.0 cm³/mol. The van der Waals surface area contributed by atoms with E-state index in [1.807, 2.05) is 18.2 Å². The molecule has 0 atom stereocenters. The number of rotatable bonds is 1. The first-order valence-electron chi connectivity index (χ1n) is 5.48. The Bertz CT molecular complexity index is 590. The van der Waals surface area contributed by atoms with Crippen molar-refractivity contribution in [2.45, 2.75) is 12.8 Å². The Hall–Kier alpha value is -2.03. The third kappa shape index (κ3) is 1.84. The summed E-state index contributed by atoms with van der Waals surface area (Å²) in [6.07, 6.45) is 2.56.